The molecule has 84 valence electrons. The first kappa shape index (κ1) is 12.3. The van der Waals surface area contributed by atoms with E-state index in [0.717, 1.165) is 18.2 Å². The summed E-state index contributed by atoms with van der Waals surface area (Å²) in [5.41, 5.74) is -0.735. The molecular weight excluding hydrogens is 235 g/mol. The van der Waals surface area contributed by atoms with E-state index in [1.54, 1.807) is 0 Å². The maximum absolute atomic E-state index is 12.8. The Morgan fingerprint density at radius 1 is 1.07 bits per heavy atom. The molecule has 0 unspecified atom stereocenters. The minimum Gasteiger partial charge on any atom is -0.191 e. The number of thiol groups is 1. The molecule has 0 saturated heterocycles. The first-order chi connectivity index (χ1) is 6.79. The third-order valence-corrected chi connectivity index (χ3v) is 2.19. The molecule has 0 aliphatic rings. The molecule has 0 heterocycles. The summed E-state index contributed by atoms with van der Waals surface area (Å²) in [6.45, 7) is 0. The van der Waals surface area contributed by atoms with Gasteiger partial charge in [-0.1, -0.05) is 18.2 Å². The van der Waals surface area contributed by atoms with E-state index in [2.05, 4.69) is 12.6 Å². The van der Waals surface area contributed by atoms with Crippen molar-refractivity contribution in [1.82, 2.24) is 0 Å². The van der Waals surface area contributed by atoms with E-state index in [-0.39, 0.29) is 5.75 Å². The van der Waals surface area contributed by atoms with Gasteiger partial charge in [-0.2, -0.15) is 34.6 Å². The number of halogens is 5. The van der Waals surface area contributed by atoms with Crippen molar-refractivity contribution in [3.05, 3.63) is 35.4 Å². The first-order valence-electron chi connectivity index (χ1n) is 3.94. The van der Waals surface area contributed by atoms with Gasteiger partial charge in [0.15, 0.2) is 0 Å². The van der Waals surface area contributed by atoms with E-state index < -0.39 is 17.7 Å². The highest BCUT2D eigenvalue weighted by atomic mass is 32.1. The second-order valence-corrected chi connectivity index (χ2v) is 3.25. The molecule has 0 atom stereocenters. The molecular formula is C9H7F5S. The maximum atomic E-state index is 12.8. The lowest BCUT2D eigenvalue weighted by Crippen LogP contribution is -2.33. The van der Waals surface area contributed by atoms with Crippen LogP contribution >= 0.6 is 12.6 Å². The van der Waals surface area contributed by atoms with E-state index in [9.17, 15) is 22.0 Å². The molecule has 0 spiro atoms. The number of benzene rings is 1. The van der Waals surface area contributed by atoms with Crippen LogP contribution in [0.25, 0.3) is 0 Å². The first-order valence-corrected chi connectivity index (χ1v) is 4.57. The Morgan fingerprint density at radius 3 is 2.13 bits per heavy atom. The van der Waals surface area contributed by atoms with E-state index in [1.807, 2.05) is 0 Å². The Labute approximate surface area is 88.5 Å². The van der Waals surface area contributed by atoms with Crippen LogP contribution in [-0.4, -0.2) is 6.18 Å². The zero-order valence-electron chi connectivity index (χ0n) is 7.35. The van der Waals surface area contributed by atoms with Crippen LogP contribution in [0, 0.1) is 0 Å². The average Bonchev–Trinajstić information content (AvgIpc) is 2.16. The fourth-order valence-electron chi connectivity index (χ4n) is 1.03. The molecule has 1 aromatic rings. The van der Waals surface area contributed by atoms with Crippen molar-refractivity contribution in [3.8, 4) is 0 Å². The van der Waals surface area contributed by atoms with Gasteiger partial charge in [0.25, 0.3) is 0 Å². The van der Waals surface area contributed by atoms with Gasteiger partial charge in [-0.25, -0.2) is 0 Å². The fourth-order valence-corrected chi connectivity index (χ4v) is 1.23. The molecule has 0 aliphatic carbocycles. The summed E-state index contributed by atoms with van der Waals surface area (Å²) in [6, 6.07) is 4.14. The summed E-state index contributed by atoms with van der Waals surface area (Å²) in [5.74, 6) is -4.70. The summed E-state index contributed by atoms with van der Waals surface area (Å²) < 4.78 is 61.6. The van der Waals surface area contributed by atoms with Crippen LogP contribution < -0.4 is 0 Å². The SMILES string of the molecule is FC(F)(F)C(F)(F)c1cccc(CS)c1. The van der Waals surface area contributed by atoms with Gasteiger partial charge in [-0.05, 0) is 11.6 Å². The lowest BCUT2D eigenvalue weighted by molar-refractivity contribution is -0.289. The van der Waals surface area contributed by atoms with Gasteiger partial charge < -0.3 is 0 Å². The number of rotatable bonds is 2. The molecule has 0 saturated carbocycles. The summed E-state index contributed by atoms with van der Waals surface area (Å²) in [4.78, 5) is 0. The second kappa shape index (κ2) is 4.00. The van der Waals surface area contributed by atoms with Crippen LogP contribution in [0.3, 0.4) is 0 Å². The molecule has 6 heteroatoms. The van der Waals surface area contributed by atoms with Crippen molar-refractivity contribution in [3.63, 3.8) is 0 Å². The van der Waals surface area contributed by atoms with Gasteiger partial charge in [0.05, 0.1) is 0 Å². The van der Waals surface area contributed by atoms with Crippen LogP contribution in [0.5, 0.6) is 0 Å². The minimum atomic E-state index is -5.57. The van der Waals surface area contributed by atoms with Gasteiger partial charge in [0.1, 0.15) is 0 Å². The fraction of sp³-hybridized carbons (Fsp3) is 0.333. The van der Waals surface area contributed by atoms with Crippen molar-refractivity contribution < 1.29 is 22.0 Å². The smallest absolute Gasteiger partial charge is 0.191 e. The standard InChI is InChI=1S/C9H7F5S/c10-8(11,9(12,13)14)7-3-1-2-6(4-7)5-15/h1-4,15H,5H2. The summed E-state index contributed by atoms with van der Waals surface area (Å²) >= 11 is 3.80. The molecule has 0 aliphatic heterocycles. The molecule has 0 bridgehead atoms. The van der Waals surface area contributed by atoms with Gasteiger partial charge >= 0.3 is 12.1 Å². The number of alkyl halides is 5. The second-order valence-electron chi connectivity index (χ2n) is 2.93. The molecule has 0 radical (unpaired) electrons. The molecule has 1 aromatic carbocycles. The third kappa shape index (κ3) is 2.42. The Morgan fingerprint density at radius 2 is 1.67 bits per heavy atom. The molecule has 0 nitrogen and oxygen atoms in total. The highest BCUT2D eigenvalue weighted by molar-refractivity contribution is 7.79. The van der Waals surface area contributed by atoms with Crippen LogP contribution in [0.15, 0.2) is 24.3 Å². The monoisotopic (exact) mass is 242 g/mol. The highest BCUT2D eigenvalue weighted by Gasteiger charge is 2.58. The van der Waals surface area contributed by atoms with Crippen molar-refractivity contribution in [2.75, 3.05) is 0 Å². The maximum Gasteiger partial charge on any atom is 0.458 e. The predicted octanol–water partition coefficient (Wildman–Crippen LogP) is 3.77. The summed E-state index contributed by atoms with van der Waals surface area (Å²) in [6.07, 6.45) is -5.57. The van der Waals surface area contributed by atoms with E-state index in [4.69, 9.17) is 0 Å². The normalized spacial score (nSPS) is 12.9. The molecule has 0 N–H and O–H groups in total. The number of hydrogen-bond donors (Lipinski definition) is 1. The van der Waals surface area contributed by atoms with Gasteiger partial charge in [0, 0.05) is 11.3 Å². The van der Waals surface area contributed by atoms with E-state index in [0.29, 0.717) is 5.56 Å². The lowest BCUT2D eigenvalue weighted by Gasteiger charge is -2.20. The lowest BCUT2D eigenvalue weighted by atomic mass is 10.1. The van der Waals surface area contributed by atoms with Crippen molar-refractivity contribution in [2.24, 2.45) is 0 Å². The highest BCUT2D eigenvalue weighted by Crippen LogP contribution is 2.43. The Kier molecular flexibility index (Phi) is 3.28. The van der Waals surface area contributed by atoms with Crippen LogP contribution in [-0.2, 0) is 11.7 Å². The zero-order chi connectivity index (χ0) is 11.7. The Bertz CT molecular complexity index is 345. The van der Waals surface area contributed by atoms with Crippen molar-refractivity contribution >= 4 is 12.6 Å². The predicted molar refractivity (Wildman–Crippen MR) is 49.1 cm³/mol. The van der Waals surface area contributed by atoms with Gasteiger partial charge in [0.2, 0.25) is 0 Å². The van der Waals surface area contributed by atoms with E-state index in [1.165, 1.54) is 6.07 Å². The van der Waals surface area contributed by atoms with Gasteiger partial charge in [-0.3, -0.25) is 0 Å². The quantitative estimate of drug-likeness (QED) is 0.592. The Balaban J connectivity index is 3.15. The number of hydrogen-bond acceptors (Lipinski definition) is 1. The summed E-state index contributed by atoms with van der Waals surface area (Å²) in [7, 11) is 0. The molecule has 0 aromatic heterocycles. The van der Waals surface area contributed by atoms with Crippen LogP contribution in [0.1, 0.15) is 11.1 Å². The van der Waals surface area contributed by atoms with E-state index >= 15 is 0 Å². The third-order valence-electron chi connectivity index (χ3n) is 1.83. The zero-order valence-corrected chi connectivity index (χ0v) is 8.25. The minimum absolute atomic E-state index is 0.113. The molecule has 15 heavy (non-hydrogen) atoms. The Hall–Kier alpha value is -0.780. The molecule has 0 amide bonds. The van der Waals surface area contributed by atoms with Crippen LogP contribution in [0.2, 0.25) is 0 Å². The molecule has 0 fully saturated rings. The largest absolute Gasteiger partial charge is 0.458 e. The topological polar surface area (TPSA) is 0 Å². The van der Waals surface area contributed by atoms with Crippen molar-refractivity contribution in [2.45, 2.75) is 17.9 Å². The molecule has 1 rings (SSSR count). The van der Waals surface area contributed by atoms with Gasteiger partial charge in [-0.15, -0.1) is 0 Å². The average molecular weight is 242 g/mol. The van der Waals surface area contributed by atoms with Crippen LogP contribution in [0.4, 0.5) is 22.0 Å². The van der Waals surface area contributed by atoms with Crippen molar-refractivity contribution in [1.29, 1.82) is 0 Å². The summed E-state index contributed by atoms with van der Waals surface area (Å²) in [5, 5.41) is 0.